The molecule has 1 unspecified atom stereocenters. The predicted molar refractivity (Wildman–Crippen MR) is 65.2 cm³/mol. The van der Waals surface area contributed by atoms with Crippen molar-refractivity contribution in [1.82, 2.24) is 5.32 Å². The van der Waals surface area contributed by atoms with Crippen molar-refractivity contribution in [3.8, 4) is 5.75 Å². The van der Waals surface area contributed by atoms with Crippen LogP contribution in [0, 0.1) is 5.92 Å². The lowest BCUT2D eigenvalue weighted by molar-refractivity contribution is 0.475. The smallest absolute Gasteiger partial charge is 0.115 e. The van der Waals surface area contributed by atoms with Crippen LogP contribution in [0.3, 0.4) is 0 Å². The van der Waals surface area contributed by atoms with Gasteiger partial charge in [0.1, 0.15) is 5.75 Å². The van der Waals surface area contributed by atoms with Gasteiger partial charge in [-0.25, -0.2) is 0 Å². The molecule has 15 heavy (non-hydrogen) atoms. The Morgan fingerprint density at radius 1 is 1.47 bits per heavy atom. The maximum Gasteiger partial charge on any atom is 0.115 e. The summed E-state index contributed by atoms with van der Waals surface area (Å²) in [7, 11) is 0. The lowest BCUT2D eigenvalue weighted by Crippen LogP contribution is -2.10. The first-order valence-corrected chi connectivity index (χ1v) is 6.56. The summed E-state index contributed by atoms with van der Waals surface area (Å²) >= 11 is 1.96. The number of aromatic hydroxyl groups is 1. The molecule has 1 atom stereocenters. The van der Waals surface area contributed by atoms with Crippen molar-refractivity contribution in [3.63, 3.8) is 0 Å². The second-order valence-electron chi connectivity index (χ2n) is 4.04. The van der Waals surface area contributed by atoms with Crippen LogP contribution in [0.5, 0.6) is 5.75 Å². The maximum absolute atomic E-state index is 9.30. The van der Waals surface area contributed by atoms with Crippen LogP contribution in [-0.2, 0) is 5.75 Å². The van der Waals surface area contributed by atoms with Gasteiger partial charge in [-0.15, -0.1) is 0 Å². The van der Waals surface area contributed by atoms with Gasteiger partial charge in [0.05, 0.1) is 0 Å². The first-order chi connectivity index (χ1) is 7.34. The van der Waals surface area contributed by atoms with Crippen molar-refractivity contribution >= 4 is 11.8 Å². The average molecular weight is 223 g/mol. The Morgan fingerprint density at radius 3 is 3.13 bits per heavy atom. The largest absolute Gasteiger partial charge is 0.508 e. The van der Waals surface area contributed by atoms with Crippen LogP contribution in [0.4, 0.5) is 0 Å². The maximum atomic E-state index is 9.30. The molecule has 1 aliphatic heterocycles. The van der Waals surface area contributed by atoms with Crippen LogP contribution in [-0.4, -0.2) is 23.9 Å². The number of rotatable bonds is 4. The van der Waals surface area contributed by atoms with Crippen molar-refractivity contribution in [2.75, 3.05) is 18.8 Å². The molecule has 2 N–H and O–H groups in total. The SMILES string of the molecule is Oc1cccc(CSCC2CCNC2)c1. The summed E-state index contributed by atoms with van der Waals surface area (Å²) in [6.07, 6.45) is 1.31. The number of hydrogen-bond acceptors (Lipinski definition) is 3. The number of hydrogen-bond donors (Lipinski definition) is 2. The lowest BCUT2D eigenvalue weighted by atomic mass is 10.2. The molecule has 0 aromatic heterocycles. The zero-order valence-corrected chi connectivity index (χ0v) is 9.59. The minimum Gasteiger partial charge on any atom is -0.508 e. The Balaban J connectivity index is 1.73. The zero-order valence-electron chi connectivity index (χ0n) is 8.78. The molecule has 1 aliphatic rings. The van der Waals surface area contributed by atoms with E-state index in [0.29, 0.717) is 5.75 Å². The first-order valence-electron chi connectivity index (χ1n) is 5.41. The molecular formula is C12H17NOS. The van der Waals surface area contributed by atoms with Crippen molar-refractivity contribution in [2.45, 2.75) is 12.2 Å². The molecule has 0 aliphatic carbocycles. The molecule has 3 heteroatoms. The Labute approximate surface area is 95.1 Å². The summed E-state index contributed by atoms with van der Waals surface area (Å²) in [6, 6.07) is 7.54. The average Bonchev–Trinajstić information content (AvgIpc) is 2.71. The molecule has 1 saturated heterocycles. The molecule has 0 spiro atoms. The van der Waals surface area contributed by atoms with Gasteiger partial charge < -0.3 is 10.4 Å². The molecule has 2 rings (SSSR count). The monoisotopic (exact) mass is 223 g/mol. The van der Waals surface area contributed by atoms with Gasteiger partial charge in [-0.1, -0.05) is 12.1 Å². The van der Waals surface area contributed by atoms with E-state index in [4.69, 9.17) is 0 Å². The fourth-order valence-corrected chi connectivity index (χ4v) is 3.00. The number of phenolic OH excluding ortho intramolecular Hbond substituents is 1. The van der Waals surface area contributed by atoms with Crippen LogP contribution in [0.25, 0.3) is 0 Å². The van der Waals surface area contributed by atoms with Crippen molar-refractivity contribution in [1.29, 1.82) is 0 Å². The molecule has 0 radical (unpaired) electrons. The van der Waals surface area contributed by atoms with E-state index >= 15 is 0 Å². The Morgan fingerprint density at radius 2 is 2.40 bits per heavy atom. The van der Waals surface area contributed by atoms with Gasteiger partial charge in [-0.3, -0.25) is 0 Å². The van der Waals surface area contributed by atoms with E-state index in [-0.39, 0.29) is 0 Å². The molecule has 1 heterocycles. The normalized spacial score (nSPS) is 20.7. The molecular weight excluding hydrogens is 206 g/mol. The van der Waals surface area contributed by atoms with Crippen LogP contribution < -0.4 is 5.32 Å². The highest BCUT2D eigenvalue weighted by atomic mass is 32.2. The van der Waals surface area contributed by atoms with Crippen LogP contribution in [0.2, 0.25) is 0 Å². The Hall–Kier alpha value is -0.670. The summed E-state index contributed by atoms with van der Waals surface area (Å²) in [5, 5.41) is 12.7. The topological polar surface area (TPSA) is 32.3 Å². The molecule has 82 valence electrons. The summed E-state index contributed by atoms with van der Waals surface area (Å²) in [6.45, 7) is 2.35. The van der Waals surface area contributed by atoms with Crippen molar-refractivity contribution in [2.24, 2.45) is 5.92 Å². The summed E-state index contributed by atoms with van der Waals surface area (Å²) in [4.78, 5) is 0. The van der Waals surface area contributed by atoms with Crippen LogP contribution in [0.1, 0.15) is 12.0 Å². The van der Waals surface area contributed by atoms with Crippen LogP contribution >= 0.6 is 11.8 Å². The van der Waals surface area contributed by atoms with Gasteiger partial charge in [0.15, 0.2) is 0 Å². The highest BCUT2D eigenvalue weighted by Gasteiger charge is 2.13. The van der Waals surface area contributed by atoms with E-state index in [1.54, 1.807) is 6.07 Å². The minimum absolute atomic E-state index is 0.371. The zero-order chi connectivity index (χ0) is 10.5. The Bertz CT molecular complexity index is 310. The number of nitrogens with one attached hydrogen (secondary N) is 1. The van der Waals surface area contributed by atoms with Crippen LogP contribution in [0.15, 0.2) is 24.3 Å². The molecule has 0 amide bonds. The molecule has 1 aromatic rings. The van der Waals surface area contributed by atoms with E-state index in [9.17, 15) is 5.11 Å². The summed E-state index contributed by atoms with van der Waals surface area (Å²) in [5.74, 6) is 3.44. The fraction of sp³-hybridized carbons (Fsp3) is 0.500. The highest BCUT2D eigenvalue weighted by Crippen LogP contribution is 2.21. The predicted octanol–water partition coefficient (Wildman–Crippen LogP) is 2.23. The van der Waals surface area contributed by atoms with Gasteiger partial charge in [-0.2, -0.15) is 11.8 Å². The number of benzene rings is 1. The standard InChI is InChI=1S/C12H17NOS/c14-12-3-1-2-10(6-12)8-15-9-11-4-5-13-7-11/h1-3,6,11,13-14H,4-5,7-9H2. The van der Waals surface area contributed by atoms with E-state index in [2.05, 4.69) is 11.4 Å². The molecule has 0 bridgehead atoms. The molecule has 1 aromatic carbocycles. The minimum atomic E-state index is 0.371. The molecule has 0 saturated carbocycles. The van der Waals surface area contributed by atoms with E-state index < -0.39 is 0 Å². The second kappa shape index (κ2) is 5.42. The van der Waals surface area contributed by atoms with E-state index in [1.807, 2.05) is 23.9 Å². The molecule has 2 nitrogen and oxygen atoms in total. The third-order valence-electron chi connectivity index (χ3n) is 2.70. The van der Waals surface area contributed by atoms with Gasteiger partial charge in [0.2, 0.25) is 0 Å². The lowest BCUT2D eigenvalue weighted by Gasteiger charge is -2.07. The Kier molecular flexibility index (Phi) is 3.92. The van der Waals surface area contributed by atoms with Gasteiger partial charge in [0.25, 0.3) is 0 Å². The third-order valence-corrected chi connectivity index (χ3v) is 3.94. The van der Waals surface area contributed by atoms with E-state index in [1.165, 1.54) is 30.8 Å². The fourth-order valence-electron chi connectivity index (χ4n) is 1.85. The molecule has 1 fully saturated rings. The van der Waals surface area contributed by atoms with Gasteiger partial charge >= 0.3 is 0 Å². The highest BCUT2D eigenvalue weighted by molar-refractivity contribution is 7.98. The van der Waals surface area contributed by atoms with Gasteiger partial charge in [-0.05, 0) is 48.9 Å². The number of phenols is 1. The number of thioether (sulfide) groups is 1. The third kappa shape index (κ3) is 3.43. The summed E-state index contributed by atoms with van der Waals surface area (Å²) in [5.41, 5.74) is 1.21. The van der Waals surface area contributed by atoms with Crippen molar-refractivity contribution < 1.29 is 5.11 Å². The van der Waals surface area contributed by atoms with Gasteiger partial charge in [0, 0.05) is 5.75 Å². The van der Waals surface area contributed by atoms with Crippen molar-refractivity contribution in [3.05, 3.63) is 29.8 Å². The first kappa shape index (κ1) is 10.8. The summed E-state index contributed by atoms with van der Waals surface area (Å²) < 4.78 is 0. The second-order valence-corrected chi connectivity index (χ2v) is 5.07. The van der Waals surface area contributed by atoms with E-state index in [0.717, 1.165) is 11.7 Å². The quantitative estimate of drug-likeness (QED) is 0.821.